The van der Waals surface area contributed by atoms with E-state index in [0.717, 1.165) is 11.4 Å². The first-order chi connectivity index (χ1) is 8.15. The fourth-order valence-electron chi connectivity index (χ4n) is 1.03. The highest BCUT2D eigenvalue weighted by Gasteiger charge is 2.16. The van der Waals surface area contributed by atoms with Gasteiger partial charge in [-0.1, -0.05) is 15.9 Å². The first-order valence-electron chi connectivity index (χ1n) is 4.81. The first kappa shape index (κ1) is 13.7. The van der Waals surface area contributed by atoms with Gasteiger partial charge in [-0.05, 0) is 6.07 Å². The van der Waals surface area contributed by atoms with Crippen molar-refractivity contribution in [3.05, 3.63) is 28.0 Å². The van der Waals surface area contributed by atoms with Crippen molar-refractivity contribution >= 4 is 27.7 Å². The van der Waals surface area contributed by atoms with Crippen LogP contribution < -0.4 is 5.32 Å². The quantitative estimate of drug-likeness (QED) is 0.355. The summed E-state index contributed by atoms with van der Waals surface area (Å²) in [5.74, 6) is -1.04. The van der Waals surface area contributed by atoms with E-state index in [-0.39, 0.29) is 5.76 Å². The molecule has 1 rings (SSSR count). The minimum atomic E-state index is -0.699. The Labute approximate surface area is 105 Å². The van der Waals surface area contributed by atoms with E-state index >= 15 is 0 Å². The molecule has 8 heteroatoms. The zero-order chi connectivity index (χ0) is 12.7. The van der Waals surface area contributed by atoms with E-state index in [9.17, 15) is 14.9 Å². The maximum absolute atomic E-state index is 11.4. The van der Waals surface area contributed by atoms with Crippen LogP contribution in [-0.4, -0.2) is 35.9 Å². The van der Waals surface area contributed by atoms with Crippen LogP contribution in [0.1, 0.15) is 10.6 Å². The van der Waals surface area contributed by atoms with Crippen molar-refractivity contribution < 1.29 is 18.9 Å². The number of hydrogen-bond acceptors (Lipinski definition) is 5. The van der Waals surface area contributed by atoms with Gasteiger partial charge < -0.3 is 14.5 Å². The molecule has 0 aliphatic heterocycles. The van der Waals surface area contributed by atoms with Crippen LogP contribution in [0.3, 0.4) is 0 Å². The smallest absolute Gasteiger partial charge is 0.395 e. The molecule has 1 aromatic heterocycles. The molecule has 0 fully saturated rings. The molecule has 1 heterocycles. The second-order valence-electron chi connectivity index (χ2n) is 2.95. The van der Waals surface area contributed by atoms with Gasteiger partial charge >= 0.3 is 5.88 Å². The van der Waals surface area contributed by atoms with Gasteiger partial charge in [-0.2, -0.15) is 0 Å². The Morgan fingerprint density at radius 3 is 2.88 bits per heavy atom. The summed E-state index contributed by atoms with van der Waals surface area (Å²) in [4.78, 5) is 21.0. The Hall–Kier alpha value is -1.41. The molecule has 1 aromatic rings. The van der Waals surface area contributed by atoms with Crippen LogP contribution in [0, 0.1) is 10.1 Å². The van der Waals surface area contributed by atoms with Crippen LogP contribution >= 0.6 is 15.9 Å². The summed E-state index contributed by atoms with van der Waals surface area (Å²) in [5, 5.41) is 13.6. The molecule has 0 aromatic carbocycles. The molecule has 1 amide bonds. The summed E-state index contributed by atoms with van der Waals surface area (Å²) in [6.07, 6.45) is 0. The van der Waals surface area contributed by atoms with Gasteiger partial charge in [0.15, 0.2) is 5.76 Å². The molecule has 0 bridgehead atoms. The fourth-order valence-corrected chi connectivity index (χ4v) is 1.26. The Balaban J connectivity index is 2.34. The fraction of sp³-hybridized carbons (Fsp3) is 0.444. The van der Waals surface area contributed by atoms with E-state index in [2.05, 4.69) is 21.2 Å². The van der Waals surface area contributed by atoms with Gasteiger partial charge in [0.05, 0.1) is 19.3 Å². The first-order valence-corrected chi connectivity index (χ1v) is 5.93. The van der Waals surface area contributed by atoms with E-state index in [1.54, 1.807) is 0 Å². The molecular formula is C9H11BrN2O5. The minimum absolute atomic E-state index is 0.0859. The van der Waals surface area contributed by atoms with Crippen molar-refractivity contribution in [1.29, 1.82) is 0 Å². The number of furan rings is 1. The molecular weight excluding hydrogens is 296 g/mol. The Kier molecular flexibility index (Phi) is 5.64. The summed E-state index contributed by atoms with van der Waals surface area (Å²) in [6.45, 7) is 1.25. The third kappa shape index (κ3) is 4.53. The topological polar surface area (TPSA) is 94.6 Å². The van der Waals surface area contributed by atoms with Gasteiger partial charge in [-0.25, -0.2) is 0 Å². The zero-order valence-corrected chi connectivity index (χ0v) is 10.4. The molecule has 0 saturated carbocycles. The molecule has 0 unspecified atom stereocenters. The van der Waals surface area contributed by atoms with Crippen molar-refractivity contribution in [3.63, 3.8) is 0 Å². The van der Waals surface area contributed by atoms with Gasteiger partial charge in [0.25, 0.3) is 5.91 Å². The van der Waals surface area contributed by atoms with E-state index in [0.29, 0.717) is 19.8 Å². The Bertz CT molecular complexity index is 392. The van der Waals surface area contributed by atoms with Crippen LogP contribution in [0.2, 0.25) is 0 Å². The number of rotatable bonds is 7. The number of nitrogens with zero attached hydrogens (tertiary/aromatic N) is 1. The standard InChI is InChI=1S/C9H11BrN2O5/c10-3-5-16-6-4-11-9(13)7-1-2-8(17-7)12(14)15/h1-2H,3-6H2,(H,11,13). The van der Waals surface area contributed by atoms with Crippen LogP contribution in [0.5, 0.6) is 0 Å². The summed E-state index contributed by atoms with van der Waals surface area (Å²) in [7, 11) is 0. The van der Waals surface area contributed by atoms with Gasteiger partial charge in [-0.15, -0.1) is 0 Å². The maximum atomic E-state index is 11.4. The summed E-state index contributed by atoms with van der Waals surface area (Å²) >= 11 is 3.19. The molecule has 0 saturated heterocycles. The molecule has 0 atom stereocenters. The highest BCUT2D eigenvalue weighted by atomic mass is 79.9. The zero-order valence-electron chi connectivity index (χ0n) is 8.85. The van der Waals surface area contributed by atoms with Gasteiger partial charge in [0.1, 0.15) is 4.92 Å². The monoisotopic (exact) mass is 306 g/mol. The number of halogens is 1. The molecule has 0 radical (unpaired) electrons. The number of carbonyl (C=O) groups is 1. The van der Waals surface area contributed by atoms with Crippen LogP contribution in [0.15, 0.2) is 16.5 Å². The van der Waals surface area contributed by atoms with Crippen molar-refractivity contribution in [3.8, 4) is 0 Å². The molecule has 0 aliphatic carbocycles. The number of hydrogen-bond donors (Lipinski definition) is 1. The number of amides is 1. The molecule has 1 N–H and O–H groups in total. The molecule has 0 aliphatic rings. The van der Waals surface area contributed by atoms with Gasteiger partial charge in [0.2, 0.25) is 0 Å². The molecule has 94 valence electrons. The van der Waals surface area contributed by atoms with Crippen LogP contribution in [0.25, 0.3) is 0 Å². The largest absolute Gasteiger partial charge is 0.433 e. The summed E-state index contributed by atoms with van der Waals surface area (Å²) < 4.78 is 9.84. The maximum Gasteiger partial charge on any atom is 0.433 e. The highest BCUT2D eigenvalue weighted by Crippen LogP contribution is 2.15. The molecule has 0 spiro atoms. The van der Waals surface area contributed by atoms with Crippen molar-refractivity contribution in [2.45, 2.75) is 0 Å². The Morgan fingerprint density at radius 1 is 1.53 bits per heavy atom. The van der Waals surface area contributed by atoms with Crippen LogP contribution in [0.4, 0.5) is 5.88 Å². The number of carbonyl (C=O) groups excluding carboxylic acids is 1. The Morgan fingerprint density at radius 2 is 2.29 bits per heavy atom. The van der Waals surface area contributed by atoms with E-state index < -0.39 is 16.7 Å². The number of alkyl halides is 1. The second-order valence-corrected chi connectivity index (χ2v) is 3.75. The van der Waals surface area contributed by atoms with E-state index in [4.69, 9.17) is 9.15 Å². The van der Waals surface area contributed by atoms with Crippen LogP contribution in [-0.2, 0) is 4.74 Å². The minimum Gasteiger partial charge on any atom is -0.395 e. The highest BCUT2D eigenvalue weighted by molar-refractivity contribution is 9.09. The van der Waals surface area contributed by atoms with Crippen molar-refractivity contribution in [2.24, 2.45) is 0 Å². The van der Waals surface area contributed by atoms with Gasteiger partial charge in [0, 0.05) is 11.9 Å². The lowest BCUT2D eigenvalue weighted by Gasteiger charge is -2.03. The SMILES string of the molecule is O=C(NCCOCCBr)c1ccc([N+](=O)[O-])o1. The summed E-state index contributed by atoms with van der Waals surface area (Å²) in [6, 6.07) is 2.39. The third-order valence-electron chi connectivity index (χ3n) is 1.75. The van der Waals surface area contributed by atoms with Gasteiger partial charge in [-0.3, -0.25) is 14.9 Å². The molecule has 7 nitrogen and oxygen atoms in total. The summed E-state index contributed by atoms with van der Waals surface area (Å²) in [5.41, 5.74) is 0. The predicted octanol–water partition coefficient (Wildman–Crippen LogP) is 1.33. The number of nitrogens with one attached hydrogen (secondary N) is 1. The third-order valence-corrected chi connectivity index (χ3v) is 2.07. The average Bonchev–Trinajstić information content (AvgIpc) is 2.78. The van der Waals surface area contributed by atoms with Crippen molar-refractivity contribution in [1.82, 2.24) is 5.32 Å². The molecule has 17 heavy (non-hydrogen) atoms. The lowest BCUT2D eigenvalue weighted by molar-refractivity contribution is -0.402. The van der Waals surface area contributed by atoms with Crippen molar-refractivity contribution in [2.75, 3.05) is 25.1 Å². The normalized spacial score (nSPS) is 10.2. The average molecular weight is 307 g/mol. The van der Waals surface area contributed by atoms with E-state index in [1.165, 1.54) is 6.07 Å². The number of ether oxygens (including phenoxy) is 1. The lowest BCUT2D eigenvalue weighted by Crippen LogP contribution is -2.27. The van der Waals surface area contributed by atoms with E-state index in [1.807, 2.05) is 0 Å². The predicted molar refractivity (Wildman–Crippen MR) is 62.3 cm³/mol. The number of nitro groups is 1. The second kappa shape index (κ2) is 7.02. The lowest BCUT2D eigenvalue weighted by atomic mass is 10.4.